The summed E-state index contributed by atoms with van der Waals surface area (Å²) in [6.45, 7) is 4.48. The van der Waals surface area contributed by atoms with Gasteiger partial charge in [0.15, 0.2) is 17.6 Å². The molecule has 2 rings (SSSR count). The summed E-state index contributed by atoms with van der Waals surface area (Å²) in [5.74, 6) is 1.26. The Labute approximate surface area is 126 Å². The number of hydrogen-bond donors (Lipinski definition) is 2. The lowest BCUT2D eigenvalue weighted by Gasteiger charge is -2.18. The molecule has 5 heteroatoms. The molecule has 1 amide bonds. The maximum Gasteiger partial charge on any atom is 0.261 e. The van der Waals surface area contributed by atoms with Crippen LogP contribution in [-0.2, 0) is 11.3 Å². The Hall–Kier alpha value is -1.75. The van der Waals surface area contributed by atoms with Crippen molar-refractivity contribution >= 4 is 5.91 Å². The van der Waals surface area contributed by atoms with Crippen LogP contribution in [0, 0.1) is 0 Å². The van der Waals surface area contributed by atoms with Crippen LogP contribution in [0.15, 0.2) is 18.2 Å². The Morgan fingerprint density at radius 3 is 2.95 bits per heavy atom. The van der Waals surface area contributed by atoms with Crippen molar-refractivity contribution in [2.24, 2.45) is 0 Å². The van der Waals surface area contributed by atoms with Gasteiger partial charge in [0.1, 0.15) is 0 Å². The molecule has 116 valence electrons. The van der Waals surface area contributed by atoms with Crippen LogP contribution in [0.25, 0.3) is 0 Å². The number of amides is 1. The number of ether oxygens (including phenoxy) is 2. The maximum absolute atomic E-state index is 12.0. The fourth-order valence-electron chi connectivity index (χ4n) is 2.37. The number of methoxy groups -OCH3 is 1. The molecule has 2 N–H and O–H groups in total. The molecule has 0 aromatic heterocycles. The Kier molecular flexibility index (Phi) is 5.87. The van der Waals surface area contributed by atoms with E-state index in [9.17, 15) is 4.79 Å². The summed E-state index contributed by atoms with van der Waals surface area (Å²) in [4.78, 5) is 12.0. The minimum Gasteiger partial charge on any atom is -0.493 e. The maximum atomic E-state index is 12.0. The molecule has 0 radical (unpaired) electrons. The molecular weight excluding hydrogens is 268 g/mol. The van der Waals surface area contributed by atoms with E-state index >= 15 is 0 Å². The molecule has 1 aliphatic heterocycles. The van der Waals surface area contributed by atoms with Crippen LogP contribution >= 0.6 is 0 Å². The number of nitrogens with one attached hydrogen (secondary N) is 2. The van der Waals surface area contributed by atoms with Gasteiger partial charge < -0.3 is 20.1 Å². The van der Waals surface area contributed by atoms with E-state index in [2.05, 4.69) is 17.6 Å². The number of rotatable bonds is 6. The van der Waals surface area contributed by atoms with E-state index in [1.54, 1.807) is 7.11 Å². The van der Waals surface area contributed by atoms with Gasteiger partial charge in [0.25, 0.3) is 5.91 Å². The van der Waals surface area contributed by atoms with Crippen molar-refractivity contribution in [1.29, 1.82) is 0 Å². The molecule has 0 saturated carbocycles. The average molecular weight is 292 g/mol. The normalized spacial score (nSPS) is 18.8. The molecule has 5 nitrogen and oxygen atoms in total. The molecule has 0 bridgehead atoms. The molecule has 0 spiro atoms. The minimum atomic E-state index is -0.434. The number of carbonyl (C=O) groups is 1. The lowest BCUT2D eigenvalue weighted by molar-refractivity contribution is -0.127. The van der Waals surface area contributed by atoms with E-state index in [1.165, 1.54) is 0 Å². The van der Waals surface area contributed by atoms with Crippen molar-refractivity contribution in [1.82, 2.24) is 10.6 Å². The number of benzene rings is 1. The van der Waals surface area contributed by atoms with Crippen LogP contribution in [-0.4, -0.2) is 32.2 Å². The molecule has 1 fully saturated rings. The Morgan fingerprint density at radius 2 is 2.19 bits per heavy atom. The van der Waals surface area contributed by atoms with Gasteiger partial charge in [-0.15, -0.1) is 0 Å². The zero-order valence-corrected chi connectivity index (χ0v) is 12.8. The molecule has 1 unspecified atom stereocenters. The lowest BCUT2D eigenvalue weighted by Crippen LogP contribution is -2.36. The first-order valence-electron chi connectivity index (χ1n) is 7.56. The van der Waals surface area contributed by atoms with Gasteiger partial charge in [0.2, 0.25) is 0 Å². The van der Waals surface area contributed by atoms with Gasteiger partial charge in [0.05, 0.1) is 7.11 Å². The fraction of sp³-hybridized carbons (Fsp3) is 0.562. The van der Waals surface area contributed by atoms with Crippen molar-refractivity contribution in [3.8, 4) is 11.5 Å². The molecule has 1 aromatic rings. The highest BCUT2D eigenvalue weighted by Crippen LogP contribution is 2.30. The van der Waals surface area contributed by atoms with E-state index < -0.39 is 6.10 Å². The molecule has 1 heterocycles. The summed E-state index contributed by atoms with van der Waals surface area (Å²) >= 11 is 0. The Balaban J connectivity index is 2.13. The van der Waals surface area contributed by atoms with Crippen LogP contribution in [0.3, 0.4) is 0 Å². The van der Waals surface area contributed by atoms with Crippen LogP contribution in [0.2, 0.25) is 0 Å². The zero-order chi connectivity index (χ0) is 15.1. The summed E-state index contributed by atoms with van der Waals surface area (Å²) in [5.41, 5.74) is 1.11. The predicted molar refractivity (Wildman–Crippen MR) is 81.7 cm³/mol. The summed E-state index contributed by atoms with van der Waals surface area (Å²) in [7, 11) is 1.61. The molecule has 0 aliphatic carbocycles. The van der Waals surface area contributed by atoms with Gasteiger partial charge in [-0.05, 0) is 43.5 Å². The first kappa shape index (κ1) is 15.6. The van der Waals surface area contributed by atoms with Gasteiger partial charge in [-0.1, -0.05) is 13.0 Å². The van der Waals surface area contributed by atoms with Gasteiger partial charge in [-0.3, -0.25) is 4.79 Å². The molecular formula is C16H24N2O3. The standard InChI is InChI=1S/C16H24N2O3/c1-3-17-11-12-7-8-13(20-2)15(10-12)21-14-6-4-5-9-18-16(14)19/h7-8,10,14,17H,3-6,9,11H2,1-2H3,(H,18,19). The lowest BCUT2D eigenvalue weighted by atomic mass is 10.1. The van der Waals surface area contributed by atoms with E-state index in [1.807, 2.05) is 18.2 Å². The Bertz CT molecular complexity index is 477. The quantitative estimate of drug-likeness (QED) is 0.840. The van der Waals surface area contributed by atoms with Crippen molar-refractivity contribution in [3.05, 3.63) is 23.8 Å². The second-order valence-corrected chi connectivity index (χ2v) is 5.16. The summed E-state index contributed by atoms with van der Waals surface area (Å²) < 4.78 is 11.3. The SMILES string of the molecule is CCNCc1ccc(OC)c(OC2CCCCNC2=O)c1. The molecule has 1 aliphatic rings. The summed E-state index contributed by atoms with van der Waals surface area (Å²) in [6.07, 6.45) is 2.30. The van der Waals surface area contributed by atoms with Crippen LogP contribution < -0.4 is 20.1 Å². The van der Waals surface area contributed by atoms with E-state index in [0.29, 0.717) is 11.5 Å². The largest absolute Gasteiger partial charge is 0.493 e. The van der Waals surface area contributed by atoms with E-state index in [-0.39, 0.29) is 5.91 Å². The third-order valence-electron chi connectivity index (χ3n) is 3.56. The predicted octanol–water partition coefficient (Wildman–Crippen LogP) is 1.85. The zero-order valence-electron chi connectivity index (χ0n) is 12.8. The van der Waals surface area contributed by atoms with Crippen LogP contribution in [0.4, 0.5) is 0 Å². The highest BCUT2D eigenvalue weighted by Gasteiger charge is 2.23. The van der Waals surface area contributed by atoms with Crippen LogP contribution in [0.5, 0.6) is 11.5 Å². The number of carbonyl (C=O) groups excluding carboxylic acids is 1. The summed E-state index contributed by atoms with van der Waals surface area (Å²) in [5, 5.41) is 6.16. The highest BCUT2D eigenvalue weighted by atomic mass is 16.5. The first-order valence-corrected chi connectivity index (χ1v) is 7.56. The molecule has 1 saturated heterocycles. The van der Waals surface area contributed by atoms with Crippen LogP contribution in [0.1, 0.15) is 31.7 Å². The van der Waals surface area contributed by atoms with Crippen molar-refractivity contribution in [3.63, 3.8) is 0 Å². The highest BCUT2D eigenvalue weighted by molar-refractivity contribution is 5.81. The van der Waals surface area contributed by atoms with Gasteiger partial charge >= 0.3 is 0 Å². The van der Waals surface area contributed by atoms with Crippen molar-refractivity contribution in [2.75, 3.05) is 20.2 Å². The van der Waals surface area contributed by atoms with Gasteiger partial charge in [-0.25, -0.2) is 0 Å². The van der Waals surface area contributed by atoms with Crippen molar-refractivity contribution < 1.29 is 14.3 Å². The van der Waals surface area contributed by atoms with Gasteiger partial charge in [0, 0.05) is 13.1 Å². The number of hydrogen-bond acceptors (Lipinski definition) is 4. The summed E-state index contributed by atoms with van der Waals surface area (Å²) in [6, 6.07) is 5.83. The third kappa shape index (κ3) is 4.36. The molecule has 21 heavy (non-hydrogen) atoms. The van der Waals surface area contributed by atoms with Gasteiger partial charge in [-0.2, -0.15) is 0 Å². The topological polar surface area (TPSA) is 59.6 Å². The monoisotopic (exact) mass is 292 g/mol. The molecule has 1 atom stereocenters. The second-order valence-electron chi connectivity index (χ2n) is 5.16. The average Bonchev–Trinajstić information content (AvgIpc) is 2.70. The fourth-order valence-corrected chi connectivity index (χ4v) is 2.37. The minimum absolute atomic E-state index is 0.0355. The van der Waals surface area contributed by atoms with E-state index in [4.69, 9.17) is 9.47 Å². The van der Waals surface area contributed by atoms with Crippen molar-refractivity contribution in [2.45, 2.75) is 38.8 Å². The smallest absolute Gasteiger partial charge is 0.261 e. The third-order valence-corrected chi connectivity index (χ3v) is 3.56. The second kappa shape index (κ2) is 7.88. The Morgan fingerprint density at radius 1 is 1.33 bits per heavy atom. The molecule has 1 aromatic carbocycles. The first-order chi connectivity index (χ1) is 10.2. The van der Waals surface area contributed by atoms with E-state index in [0.717, 1.165) is 44.5 Å².